The molecule has 3 heterocycles. The predicted octanol–water partition coefficient (Wildman–Crippen LogP) is 1.43. The monoisotopic (exact) mass is 543 g/mol. The van der Waals surface area contributed by atoms with Crippen LogP contribution in [0.3, 0.4) is 0 Å². The Morgan fingerprint density at radius 1 is 1.17 bits per heavy atom. The van der Waals surface area contributed by atoms with Crippen molar-refractivity contribution in [1.82, 2.24) is 31.0 Å². The van der Waals surface area contributed by atoms with Crippen LogP contribution in [0.25, 0.3) is 0 Å². The lowest BCUT2D eigenvalue weighted by Gasteiger charge is -2.35. The molecule has 0 aliphatic carbocycles. The number of hydrazine groups is 1. The van der Waals surface area contributed by atoms with Gasteiger partial charge in [-0.05, 0) is 6.92 Å². The van der Waals surface area contributed by atoms with Crippen molar-refractivity contribution in [3.05, 3.63) is 18.0 Å². The van der Waals surface area contributed by atoms with Gasteiger partial charge in [-0.25, -0.2) is 15.4 Å². The second-order valence-corrected chi connectivity index (χ2v) is 9.68. The van der Waals surface area contributed by atoms with Crippen LogP contribution in [0.1, 0.15) is 18.9 Å². The summed E-state index contributed by atoms with van der Waals surface area (Å²) >= 11 is 1.42. The maximum atomic E-state index is 13.2. The van der Waals surface area contributed by atoms with Crippen LogP contribution in [0, 0.1) is 5.92 Å². The number of halogens is 6. The van der Waals surface area contributed by atoms with E-state index in [4.69, 9.17) is 0 Å². The van der Waals surface area contributed by atoms with E-state index in [1.54, 1.807) is 16.7 Å². The molecule has 2 aliphatic heterocycles. The number of nitrogens with zero attached hydrogens (tertiary/aromatic N) is 4. The molecule has 0 aromatic carbocycles. The van der Waals surface area contributed by atoms with Crippen molar-refractivity contribution in [2.24, 2.45) is 5.92 Å². The Bertz CT molecular complexity index is 894. The molecule has 9 nitrogen and oxygen atoms in total. The Hall–Kier alpha value is -2.33. The summed E-state index contributed by atoms with van der Waals surface area (Å²) < 4.78 is 77.6. The van der Waals surface area contributed by atoms with Crippen LogP contribution >= 0.6 is 11.8 Å². The second kappa shape index (κ2) is 11.8. The quantitative estimate of drug-likeness (QED) is 0.335. The van der Waals surface area contributed by atoms with Gasteiger partial charge in [-0.3, -0.25) is 15.0 Å². The first-order valence-corrected chi connectivity index (χ1v) is 12.4. The average Bonchev–Trinajstić information content (AvgIpc) is 2.80. The minimum absolute atomic E-state index is 0.0626. The summed E-state index contributed by atoms with van der Waals surface area (Å²) in [5.41, 5.74) is 3.54. The summed E-state index contributed by atoms with van der Waals surface area (Å²) in [7, 11) is 0. The molecule has 1 aromatic heterocycles. The highest BCUT2D eigenvalue weighted by Crippen LogP contribution is 2.31. The van der Waals surface area contributed by atoms with Gasteiger partial charge in [0.05, 0.1) is 5.56 Å². The fourth-order valence-corrected chi connectivity index (χ4v) is 4.87. The number of hydrogen-bond donors (Lipinski definition) is 3. The Balaban J connectivity index is 1.36. The molecule has 2 fully saturated rings. The third-order valence-electron chi connectivity index (χ3n) is 5.78. The molecule has 1 aromatic rings. The SMILES string of the molecule is C[C@@H](CSCCC(=O)N1CCN(c2ncc(C(F)(F)F)cn2)CC1)NC1CNNC(=O)C1C(F)(F)F. The number of alkyl halides is 6. The molecule has 2 aliphatic rings. The third kappa shape index (κ3) is 7.59. The highest BCUT2D eigenvalue weighted by molar-refractivity contribution is 7.99. The minimum atomic E-state index is -4.66. The van der Waals surface area contributed by atoms with Gasteiger partial charge in [-0.2, -0.15) is 38.1 Å². The molecule has 36 heavy (non-hydrogen) atoms. The average molecular weight is 544 g/mol. The fraction of sp³-hybridized carbons (Fsp3) is 0.700. The number of rotatable bonds is 8. The van der Waals surface area contributed by atoms with E-state index in [0.29, 0.717) is 37.7 Å². The zero-order valence-electron chi connectivity index (χ0n) is 19.3. The number of amides is 2. The summed E-state index contributed by atoms with van der Waals surface area (Å²) in [4.78, 5) is 35.0. The highest BCUT2D eigenvalue weighted by atomic mass is 32.2. The van der Waals surface area contributed by atoms with Crippen molar-refractivity contribution in [2.45, 2.75) is 37.8 Å². The summed E-state index contributed by atoms with van der Waals surface area (Å²) in [5, 5.41) is 2.85. The van der Waals surface area contributed by atoms with E-state index >= 15 is 0 Å². The van der Waals surface area contributed by atoms with E-state index in [-0.39, 0.29) is 30.9 Å². The van der Waals surface area contributed by atoms with Crippen LogP contribution in [0.15, 0.2) is 12.4 Å². The number of hydrogen-bond acceptors (Lipinski definition) is 8. The van der Waals surface area contributed by atoms with Gasteiger partial charge in [0.1, 0.15) is 0 Å². The Morgan fingerprint density at radius 3 is 2.39 bits per heavy atom. The van der Waals surface area contributed by atoms with Gasteiger partial charge in [0.15, 0.2) is 5.92 Å². The maximum absolute atomic E-state index is 13.2. The largest absolute Gasteiger partial charge is 0.419 e. The Morgan fingerprint density at radius 2 is 1.81 bits per heavy atom. The van der Waals surface area contributed by atoms with Crippen molar-refractivity contribution in [2.75, 3.05) is 49.1 Å². The lowest BCUT2D eigenvalue weighted by molar-refractivity contribution is -0.193. The molecule has 3 rings (SSSR count). The minimum Gasteiger partial charge on any atom is -0.339 e. The number of piperazine rings is 1. The van der Waals surface area contributed by atoms with Crippen molar-refractivity contribution >= 4 is 29.5 Å². The number of nitrogens with one attached hydrogen (secondary N) is 3. The van der Waals surface area contributed by atoms with Crippen molar-refractivity contribution in [1.29, 1.82) is 0 Å². The first-order chi connectivity index (χ1) is 16.9. The molecule has 2 unspecified atom stereocenters. The van der Waals surface area contributed by atoms with Gasteiger partial charge < -0.3 is 15.1 Å². The number of thioether (sulfide) groups is 1. The lowest BCUT2D eigenvalue weighted by Crippen LogP contribution is -2.64. The third-order valence-corrected chi connectivity index (χ3v) is 7.01. The van der Waals surface area contributed by atoms with Crippen LogP contribution in [0.4, 0.5) is 32.3 Å². The first kappa shape index (κ1) is 28.2. The van der Waals surface area contributed by atoms with Crippen LogP contribution < -0.4 is 21.1 Å². The lowest BCUT2D eigenvalue weighted by atomic mass is 9.96. The molecular formula is C20H27F6N7O2S. The van der Waals surface area contributed by atoms with Crippen LogP contribution in [-0.4, -0.2) is 89.2 Å². The predicted molar refractivity (Wildman–Crippen MR) is 120 cm³/mol. The van der Waals surface area contributed by atoms with Crippen molar-refractivity contribution in [3.63, 3.8) is 0 Å². The molecule has 0 saturated carbocycles. The molecule has 3 N–H and O–H groups in total. The summed E-state index contributed by atoms with van der Waals surface area (Å²) in [6.45, 7) is 3.18. The second-order valence-electron chi connectivity index (χ2n) is 8.53. The molecule has 202 valence electrons. The summed E-state index contributed by atoms with van der Waals surface area (Å²) in [5.74, 6) is -2.25. The first-order valence-electron chi connectivity index (χ1n) is 11.2. The molecule has 0 bridgehead atoms. The van der Waals surface area contributed by atoms with Crippen LogP contribution in [0.2, 0.25) is 0 Å². The molecule has 16 heteroatoms. The van der Waals surface area contributed by atoms with Gasteiger partial charge in [0.2, 0.25) is 17.8 Å². The standard InChI is InChI=1S/C20H27F6N7O2S/c1-12(30-14-10-29-31-17(35)16(14)20(24,25)26)11-36-7-2-15(34)32-3-5-33(6-4-32)18-27-8-13(9-28-18)19(21,22)23/h8-9,12,14,16,29-30H,2-7,10-11H2,1H3,(H,31,35)/t12-,14?,16?/m0/s1. The maximum Gasteiger partial charge on any atom is 0.419 e. The van der Waals surface area contributed by atoms with Crippen molar-refractivity contribution < 1.29 is 35.9 Å². The number of anilines is 1. The van der Waals surface area contributed by atoms with Gasteiger partial charge in [-0.15, -0.1) is 0 Å². The summed E-state index contributed by atoms with van der Waals surface area (Å²) in [6.07, 6.45) is -7.46. The summed E-state index contributed by atoms with van der Waals surface area (Å²) in [6, 6.07) is -1.42. The molecule has 3 atom stereocenters. The van der Waals surface area contributed by atoms with Crippen LogP contribution in [-0.2, 0) is 15.8 Å². The number of carbonyl (C=O) groups excluding carboxylic acids is 2. The fourth-order valence-electron chi connectivity index (χ4n) is 3.94. The van der Waals surface area contributed by atoms with Gasteiger partial charge in [-0.1, -0.05) is 0 Å². The zero-order chi connectivity index (χ0) is 26.5. The number of aromatic nitrogens is 2. The van der Waals surface area contributed by atoms with Gasteiger partial charge in [0.25, 0.3) is 0 Å². The molecule has 0 radical (unpaired) electrons. The molecule has 2 amide bonds. The van der Waals surface area contributed by atoms with Crippen LogP contribution in [0.5, 0.6) is 0 Å². The highest BCUT2D eigenvalue weighted by Gasteiger charge is 2.51. The van der Waals surface area contributed by atoms with E-state index in [2.05, 4.69) is 20.7 Å². The Labute approximate surface area is 207 Å². The topological polar surface area (TPSA) is 102 Å². The smallest absolute Gasteiger partial charge is 0.339 e. The molecule has 2 saturated heterocycles. The van der Waals surface area contributed by atoms with Gasteiger partial charge in [0, 0.05) is 75.1 Å². The normalized spacial score (nSPS) is 22.4. The Kier molecular flexibility index (Phi) is 9.27. The number of carbonyl (C=O) groups is 2. The van der Waals surface area contributed by atoms with Crippen molar-refractivity contribution in [3.8, 4) is 0 Å². The zero-order valence-corrected chi connectivity index (χ0v) is 20.1. The molecule has 0 spiro atoms. The van der Waals surface area contributed by atoms with E-state index in [9.17, 15) is 35.9 Å². The van der Waals surface area contributed by atoms with E-state index in [0.717, 1.165) is 12.4 Å². The van der Waals surface area contributed by atoms with Gasteiger partial charge >= 0.3 is 12.4 Å². The van der Waals surface area contributed by atoms with E-state index in [1.807, 2.05) is 5.43 Å². The van der Waals surface area contributed by atoms with E-state index < -0.39 is 35.8 Å². The molecular weight excluding hydrogens is 516 g/mol. The van der Waals surface area contributed by atoms with E-state index in [1.165, 1.54) is 11.8 Å².